The number of rotatable bonds is 2. The Kier molecular flexibility index (Phi) is 3.24. The largest absolute Gasteiger partial charge is 0.339 e. The van der Waals surface area contributed by atoms with E-state index in [1.54, 1.807) is 6.20 Å². The minimum Gasteiger partial charge on any atom is -0.339 e. The topological polar surface area (TPSA) is 49.0 Å². The number of nitrogens with one attached hydrogen (secondary N) is 1. The summed E-state index contributed by atoms with van der Waals surface area (Å²) in [5.41, 5.74) is 2.08. The highest BCUT2D eigenvalue weighted by molar-refractivity contribution is 5.97. The molecule has 1 aliphatic rings. The van der Waals surface area contributed by atoms with Gasteiger partial charge in [-0.1, -0.05) is 26.3 Å². The average molecular weight is 271 g/mol. The number of benzene rings is 1. The van der Waals surface area contributed by atoms with Gasteiger partial charge in [-0.25, -0.2) is 0 Å². The third-order valence-corrected chi connectivity index (χ3v) is 4.80. The SMILES string of the molecule is CCC1(C)CCN(C(=O)c2ccc3cn[nH]c3c2)CC1. The van der Waals surface area contributed by atoms with E-state index < -0.39 is 0 Å². The number of aromatic nitrogens is 2. The molecule has 106 valence electrons. The van der Waals surface area contributed by atoms with E-state index >= 15 is 0 Å². The first-order valence-corrected chi connectivity index (χ1v) is 7.34. The molecule has 1 aromatic carbocycles. The van der Waals surface area contributed by atoms with Gasteiger partial charge in [0.25, 0.3) is 5.91 Å². The molecule has 2 aromatic rings. The number of amides is 1. The molecule has 4 nitrogen and oxygen atoms in total. The Morgan fingerprint density at radius 1 is 1.40 bits per heavy atom. The number of carbonyl (C=O) groups is 1. The van der Waals surface area contributed by atoms with Crippen molar-refractivity contribution in [3.8, 4) is 0 Å². The van der Waals surface area contributed by atoms with Crippen molar-refractivity contribution in [2.45, 2.75) is 33.1 Å². The van der Waals surface area contributed by atoms with Gasteiger partial charge in [-0.3, -0.25) is 9.89 Å². The summed E-state index contributed by atoms with van der Waals surface area (Å²) < 4.78 is 0. The van der Waals surface area contributed by atoms with Crippen LogP contribution in [0.2, 0.25) is 0 Å². The summed E-state index contributed by atoms with van der Waals surface area (Å²) >= 11 is 0. The maximum Gasteiger partial charge on any atom is 0.253 e. The van der Waals surface area contributed by atoms with Gasteiger partial charge in [-0.05, 0) is 30.4 Å². The van der Waals surface area contributed by atoms with Crippen molar-refractivity contribution in [1.29, 1.82) is 0 Å². The third-order valence-electron chi connectivity index (χ3n) is 4.80. The number of nitrogens with zero attached hydrogens (tertiary/aromatic N) is 2. The summed E-state index contributed by atoms with van der Waals surface area (Å²) in [4.78, 5) is 14.5. The van der Waals surface area contributed by atoms with Gasteiger partial charge in [0.05, 0.1) is 11.7 Å². The monoisotopic (exact) mass is 271 g/mol. The molecule has 1 saturated heterocycles. The fourth-order valence-corrected chi connectivity index (χ4v) is 2.86. The van der Waals surface area contributed by atoms with Crippen LogP contribution in [0.4, 0.5) is 0 Å². The molecule has 20 heavy (non-hydrogen) atoms. The molecule has 0 radical (unpaired) electrons. The second-order valence-corrected chi connectivity index (χ2v) is 6.13. The lowest BCUT2D eigenvalue weighted by Crippen LogP contribution is -2.41. The molecule has 0 saturated carbocycles. The fourth-order valence-electron chi connectivity index (χ4n) is 2.86. The fraction of sp³-hybridized carbons (Fsp3) is 0.500. The van der Waals surface area contributed by atoms with Crippen molar-refractivity contribution < 1.29 is 4.79 Å². The van der Waals surface area contributed by atoms with Crippen molar-refractivity contribution in [2.75, 3.05) is 13.1 Å². The molecule has 1 fully saturated rings. The van der Waals surface area contributed by atoms with E-state index in [9.17, 15) is 4.79 Å². The maximum absolute atomic E-state index is 12.6. The van der Waals surface area contributed by atoms with Crippen LogP contribution in [0.15, 0.2) is 24.4 Å². The molecule has 2 heterocycles. The zero-order valence-corrected chi connectivity index (χ0v) is 12.1. The van der Waals surface area contributed by atoms with Crippen LogP contribution >= 0.6 is 0 Å². The van der Waals surface area contributed by atoms with E-state index in [1.807, 2.05) is 23.1 Å². The van der Waals surface area contributed by atoms with Gasteiger partial charge in [-0.2, -0.15) is 5.10 Å². The van der Waals surface area contributed by atoms with Crippen LogP contribution < -0.4 is 0 Å². The van der Waals surface area contributed by atoms with Crippen LogP contribution in [0.1, 0.15) is 43.5 Å². The lowest BCUT2D eigenvalue weighted by atomic mass is 9.78. The molecule has 3 rings (SSSR count). The van der Waals surface area contributed by atoms with Gasteiger partial charge in [-0.15, -0.1) is 0 Å². The molecule has 4 heteroatoms. The zero-order valence-electron chi connectivity index (χ0n) is 12.1. The summed E-state index contributed by atoms with van der Waals surface area (Å²) in [6.45, 7) is 6.30. The average Bonchev–Trinajstić information content (AvgIpc) is 2.94. The lowest BCUT2D eigenvalue weighted by Gasteiger charge is -2.38. The van der Waals surface area contributed by atoms with Gasteiger partial charge in [0, 0.05) is 24.0 Å². The second-order valence-electron chi connectivity index (χ2n) is 6.13. The summed E-state index contributed by atoms with van der Waals surface area (Å²) in [6.07, 6.45) is 5.16. The van der Waals surface area contributed by atoms with Crippen LogP contribution in [-0.2, 0) is 0 Å². The Hall–Kier alpha value is -1.84. The Labute approximate surface area is 119 Å². The van der Waals surface area contributed by atoms with Crippen LogP contribution in [0.3, 0.4) is 0 Å². The van der Waals surface area contributed by atoms with Gasteiger partial charge < -0.3 is 4.90 Å². The predicted octanol–water partition coefficient (Wildman–Crippen LogP) is 3.22. The quantitative estimate of drug-likeness (QED) is 0.911. The van der Waals surface area contributed by atoms with Crippen LogP contribution in [0, 0.1) is 5.41 Å². The highest BCUT2D eigenvalue weighted by Gasteiger charge is 2.30. The normalized spacial score (nSPS) is 18.4. The highest BCUT2D eigenvalue weighted by atomic mass is 16.2. The number of hydrogen-bond donors (Lipinski definition) is 1. The zero-order chi connectivity index (χ0) is 14.2. The number of aromatic amines is 1. The van der Waals surface area contributed by atoms with Gasteiger partial charge >= 0.3 is 0 Å². The first-order valence-electron chi connectivity index (χ1n) is 7.34. The number of H-pyrrole nitrogens is 1. The molecular formula is C16H21N3O. The molecule has 0 unspecified atom stereocenters. The second kappa shape index (κ2) is 4.93. The molecule has 1 N–H and O–H groups in total. The minimum atomic E-state index is 0.139. The smallest absolute Gasteiger partial charge is 0.253 e. The standard InChI is InChI=1S/C16H21N3O/c1-3-16(2)6-8-19(9-7-16)15(20)12-4-5-13-11-17-18-14(13)10-12/h4-5,10-11H,3,6-9H2,1-2H3,(H,17,18). The molecule has 1 aromatic heterocycles. The Balaban J connectivity index is 1.76. The summed E-state index contributed by atoms with van der Waals surface area (Å²) in [5, 5.41) is 7.95. The van der Waals surface area contributed by atoms with E-state index in [1.165, 1.54) is 6.42 Å². The first-order chi connectivity index (χ1) is 9.61. The van der Waals surface area contributed by atoms with Crippen LogP contribution in [0.5, 0.6) is 0 Å². The lowest BCUT2D eigenvalue weighted by molar-refractivity contribution is 0.0600. The van der Waals surface area contributed by atoms with E-state index in [0.29, 0.717) is 5.41 Å². The molecule has 0 bridgehead atoms. The molecule has 0 spiro atoms. The number of piperidine rings is 1. The molecule has 1 amide bonds. The van der Waals surface area contributed by atoms with E-state index in [0.717, 1.165) is 42.4 Å². The van der Waals surface area contributed by atoms with Crippen LogP contribution in [0.25, 0.3) is 10.9 Å². The third kappa shape index (κ3) is 2.30. The van der Waals surface area contributed by atoms with Gasteiger partial charge in [0.15, 0.2) is 0 Å². The van der Waals surface area contributed by atoms with Crippen molar-refractivity contribution in [1.82, 2.24) is 15.1 Å². The Bertz CT molecular complexity index is 623. The molecule has 0 aliphatic carbocycles. The maximum atomic E-state index is 12.6. The first kappa shape index (κ1) is 13.2. The Morgan fingerprint density at radius 2 is 2.15 bits per heavy atom. The van der Waals surface area contributed by atoms with E-state index in [4.69, 9.17) is 0 Å². The van der Waals surface area contributed by atoms with Crippen molar-refractivity contribution in [3.63, 3.8) is 0 Å². The summed E-state index contributed by atoms with van der Waals surface area (Å²) in [6, 6.07) is 5.75. The predicted molar refractivity (Wildman–Crippen MR) is 79.6 cm³/mol. The molecule has 0 atom stereocenters. The minimum absolute atomic E-state index is 0.139. The van der Waals surface area contributed by atoms with Crippen LogP contribution in [-0.4, -0.2) is 34.1 Å². The number of fused-ring (bicyclic) bond motifs is 1. The van der Waals surface area contributed by atoms with E-state index in [-0.39, 0.29) is 5.91 Å². The number of hydrogen-bond acceptors (Lipinski definition) is 2. The highest BCUT2D eigenvalue weighted by Crippen LogP contribution is 2.34. The van der Waals surface area contributed by atoms with Gasteiger partial charge in [0.1, 0.15) is 0 Å². The number of likely N-dealkylation sites (tertiary alicyclic amines) is 1. The molecular weight excluding hydrogens is 250 g/mol. The number of carbonyl (C=O) groups excluding carboxylic acids is 1. The van der Waals surface area contributed by atoms with Gasteiger partial charge in [0.2, 0.25) is 0 Å². The van der Waals surface area contributed by atoms with Crippen molar-refractivity contribution in [3.05, 3.63) is 30.0 Å². The van der Waals surface area contributed by atoms with Crippen molar-refractivity contribution in [2.24, 2.45) is 5.41 Å². The van der Waals surface area contributed by atoms with Crippen molar-refractivity contribution >= 4 is 16.8 Å². The summed E-state index contributed by atoms with van der Waals surface area (Å²) in [7, 11) is 0. The van der Waals surface area contributed by atoms with E-state index in [2.05, 4.69) is 24.0 Å². The molecule has 1 aliphatic heterocycles. The summed E-state index contributed by atoms with van der Waals surface area (Å²) in [5.74, 6) is 0.139. The Morgan fingerprint density at radius 3 is 2.85 bits per heavy atom.